The highest BCUT2D eigenvalue weighted by atomic mass is 79.9. The number of amides is 1. The Bertz CT molecular complexity index is 1300. The van der Waals surface area contributed by atoms with E-state index in [1.165, 1.54) is 37.4 Å². The number of nitrogens with one attached hydrogen (secondary N) is 1. The molecule has 3 aromatic rings. The highest BCUT2D eigenvalue weighted by Gasteiger charge is 2.31. The van der Waals surface area contributed by atoms with Crippen LogP contribution in [0.2, 0.25) is 0 Å². The Kier molecular flexibility index (Phi) is 7.96. The summed E-state index contributed by atoms with van der Waals surface area (Å²) in [7, 11) is -2.74. The summed E-state index contributed by atoms with van der Waals surface area (Å²) in [4.78, 5) is 12.7. The number of alkyl halides is 3. The molecule has 0 spiro atoms. The van der Waals surface area contributed by atoms with Gasteiger partial charge < -0.3 is 14.8 Å². The van der Waals surface area contributed by atoms with E-state index in [9.17, 15) is 26.4 Å². The Morgan fingerprint density at radius 3 is 2.20 bits per heavy atom. The average molecular weight is 573 g/mol. The van der Waals surface area contributed by atoms with Gasteiger partial charge in [-0.2, -0.15) is 0 Å². The number of ether oxygens (including phenoxy) is 2. The van der Waals surface area contributed by atoms with E-state index in [1.807, 2.05) is 6.92 Å². The van der Waals surface area contributed by atoms with Gasteiger partial charge >= 0.3 is 6.36 Å². The van der Waals surface area contributed by atoms with E-state index in [4.69, 9.17) is 4.74 Å². The van der Waals surface area contributed by atoms with Gasteiger partial charge in [-0.3, -0.25) is 9.10 Å². The molecule has 7 nitrogen and oxygen atoms in total. The summed E-state index contributed by atoms with van der Waals surface area (Å²) in [5.74, 6) is -0.725. The molecule has 0 heterocycles. The van der Waals surface area contributed by atoms with Crippen molar-refractivity contribution in [1.29, 1.82) is 0 Å². The number of carbonyl (C=O) groups excluding carboxylic acids is 1. The Labute approximate surface area is 208 Å². The number of hydrogen-bond acceptors (Lipinski definition) is 5. The number of benzene rings is 3. The number of anilines is 2. The van der Waals surface area contributed by atoms with Gasteiger partial charge in [0.1, 0.15) is 18.0 Å². The number of sulfonamides is 1. The zero-order valence-electron chi connectivity index (χ0n) is 18.5. The SMILES string of the molecule is COc1ccc(S(=O)(=O)N(CC(=O)Nc2ccc(OC(F)(F)F)cc2)c2ccc(C)cc2)cc1Br. The van der Waals surface area contributed by atoms with Gasteiger partial charge in [-0.15, -0.1) is 13.2 Å². The highest BCUT2D eigenvalue weighted by Crippen LogP contribution is 2.31. The molecule has 0 aliphatic carbocycles. The molecule has 0 saturated heterocycles. The van der Waals surface area contributed by atoms with Crippen molar-refractivity contribution in [2.45, 2.75) is 18.2 Å². The van der Waals surface area contributed by atoms with Crippen LogP contribution in [-0.4, -0.2) is 34.3 Å². The van der Waals surface area contributed by atoms with Gasteiger partial charge in [0, 0.05) is 5.69 Å². The first-order valence-electron chi connectivity index (χ1n) is 9.97. The lowest BCUT2D eigenvalue weighted by atomic mass is 10.2. The van der Waals surface area contributed by atoms with Crippen LogP contribution in [0.3, 0.4) is 0 Å². The Morgan fingerprint density at radius 2 is 1.66 bits per heavy atom. The van der Waals surface area contributed by atoms with Crippen LogP contribution in [0.25, 0.3) is 0 Å². The summed E-state index contributed by atoms with van der Waals surface area (Å²) in [5, 5.41) is 2.49. The van der Waals surface area contributed by atoms with Crippen molar-refractivity contribution in [2.24, 2.45) is 0 Å². The predicted molar refractivity (Wildman–Crippen MR) is 128 cm³/mol. The summed E-state index contributed by atoms with van der Waals surface area (Å²) < 4.78 is 74.3. The molecule has 0 bridgehead atoms. The average Bonchev–Trinajstić information content (AvgIpc) is 2.78. The Balaban J connectivity index is 1.87. The maximum absolute atomic E-state index is 13.5. The molecular formula is C23H20BrF3N2O5S. The number of hydrogen-bond donors (Lipinski definition) is 1. The quantitative estimate of drug-likeness (QED) is 0.385. The maximum atomic E-state index is 13.5. The number of carbonyl (C=O) groups is 1. The van der Waals surface area contributed by atoms with Crippen LogP contribution in [0, 0.1) is 6.92 Å². The fraction of sp³-hybridized carbons (Fsp3) is 0.174. The minimum atomic E-state index is -4.84. The number of halogens is 4. The molecule has 0 saturated carbocycles. The molecule has 3 rings (SSSR count). The number of rotatable bonds is 8. The van der Waals surface area contributed by atoms with E-state index in [1.54, 1.807) is 24.3 Å². The first-order valence-corrected chi connectivity index (χ1v) is 12.2. The third-order valence-electron chi connectivity index (χ3n) is 4.69. The van der Waals surface area contributed by atoms with E-state index in [2.05, 4.69) is 26.0 Å². The number of nitrogens with zero attached hydrogens (tertiary/aromatic N) is 1. The second kappa shape index (κ2) is 10.6. The third-order valence-corrected chi connectivity index (χ3v) is 7.08. The lowest BCUT2D eigenvalue weighted by Crippen LogP contribution is -2.38. The third kappa shape index (κ3) is 6.89. The second-order valence-corrected chi connectivity index (χ2v) is 9.98. The summed E-state index contributed by atoms with van der Waals surface area (Å²) in [6.45, 7) is 1.25. The van der Waals surface area contributed by atoms with Gasteiger partial charge in [-0.05, 0) is 77.5 Å². The van der Waals surface area contributed by atoms with Crippen molar-refractivity contribution < 1.29 is 35.9 Å². The molecule has 0 radical (unpaired) electrons. The fourth-order valence-corrected chi connectivity index (χ4v) is 5.17. The topological polar surface area (TPSA) is 84.9 Å². The predicted octanol–water partition coefficient (Wildman–Crippen LogP) is 5.50. The zero-order valence-corrected chi connectivity index (χ0v) is 20.9. The Morgan fingerprint density at radius 1 is 1.03 bits per heavy atom. The normalized spacial score (nSPS) is 11.6. The van der Waals surface area contributed by atoms with Crippen molar-refractivity contribution >= 4 is 43.2 Å². The van der Waals surface area contributed by atoms with E-state index >= 15 is 0 Å². The van der Waals surface area contributed by atoms with Crippen LogP contribution < -0.4 is 19.1 Å². The number of methoxy groups -OCH3 is 1. The van der Waals surface area contributed by atoms with E-state index < -0.39 is 34.6 Å². The summed E-state index contributed by atoms with van der Waals surface area (Å²) in [5.41, 5.74) is 1.31. The monoisotopic (exact) mass is 572 g/mol. The summed E-state index contributed by atoms with van der Waals surface area (Å²) in [6.07, 6.45) is -4.84. The molecule has 0 fully saturated rings. The standard InChI is InChI=1S/C23H20BrF3N2O5S/c1-15-3-7-17(8-4-15)29(35(31,32)19-11-12-21(33-2)20(24)13-19)14-22(30)28-16-5-9-18(10-6-16)34-23(25,26)27/h3-13H,14H2,1-2H3,(H,28,30). The minimum absolute atomic E-state index is 0.0767. The molecule has 0 unspecified atom stereocenters. The molecule has 1 amide bonds. The van der Waals surface area contributed by atoms with Gasteiger partial charge in [0.15, 0.2) is 0 Å². The molecule has 0 aromatic heterocycles. The number of aryl methyl sites for hydroxylation is 1. The van der Waals surface area contributed by atoms with Crippen LogP contribution in [0.15, 0.2) is 76.1 Å². The van der Waals surface area contributed by atoms with Crippen LogP contribution in [-0.2, 0) is 14.8 Å². The maximum Gasteiger partial charge on any atom is 0.573 e. The summed E-state index contributed by atoms with van der Waals surface area (Å²) >= 11 is 3.27. The smallest absolute Gasteiger partial charge is 0.496 e. The molecular weight excluding hydrogens is 553 g/mol. The Hall–Kier alpha value is -3.25. The second-order valence-electron chi connectivity index (χ2n) is 7.26. The van der Waals surface area contributed by atoms with Gasteiger partial charge in [-0.25, -0.2) is 8.42 Å². The van der Waals surface area contributed by atoms with E-state index in [0.29, 0.717) is 10.2 Å². The molecule has 0 aliphatic rings. The first-order chi connectivity index (χ1) is 16.4. The van der Waals surface area contributed by atoms with Crippen molar-refractivity contribution in [1.82, 2.24) is 0 Å². The van der Waals surface area contributed by atoms with Crippen LogP contribution >= 0.6 is 15.9 Å². The van der Waals surface area contributed by atoms with Crippen LogP contribution in [0.1, 0.15) is 5.56 Å². The first kappa shape index (κ1) is 26.4. The van der Waals surface area contributed by atoms with Crippen molar-refractivity contribution in [3.63, 3.8) is 0 Å². The van der Waals surface area contributed by atoms with Gasteiger partial charge in [0.2, 0.25) is 5.91 Å². The summed E-state index contributed by atoms with van der Waals surface area (Å²) in [6, 6.07) is 15.3. The fourth-order valence-electron chi connectivity index (χ4n) is 3.03. The lowest BCUT2D eigenvalue weighted by Gasteiger charge is -2.24. The van der Waals surface area contributed by atoms with Gasteiger partial charge in [0.25, 0.3) is 10.0 Å². The minimum Gasteiger partial charge on any atom is -0.496 e. The lowest BCUT2D eigenvalue weighted by molar-refractivity contribution is -0.274. The van der Waals surface area contributed by atoms with Gasteiger partial charge in [-0.1, -0.05) is 17.7 Å². The zero-order chi connectivity index (χ0) is 25.8. The van der Waals surface area contributed by atoms with Crippen LogP contribution in [0.5, 0.6) is 11.5 Å². The molecule has 186 valence electrons. The molecule has 35 heavy (non-hydrogen) atoms. The largest absolute Gasteiger partial charge is 0.573 e. The molecule has 1 N–H and O–H groups in total. The molecule has 0 atom stereocenters. The molecule has 12 heteroatoms. The van der Waals surface area contributed by atoms with Gasteiger partial charge in [0.05, 0.1) is 22.2 Å². The highest BCUT2D eigenvalue weighted by molar-refractivity contribution is 9.10. The van der Waals surface area contributed by atoms with Crippen LogP contribution in [0.4, 0.5) is 24.5 Å². The van der Waals surface area contributed by atoms with Crippen molar-refractivity contribution in [2.75, 3.05) is 23.3 Å². The van der Waals surface area contributed by atoms with Crippen molar-refractivity contribution in [3.8, 4) is 11.5 Å². The molecule has 3 aromatic carbocycles. The van der Waals surface area contributed by atoms with E-state index in [-0.39, 0.29) is 16.3 Å². The molecule has 0 aliphatic heterocycles. The van der Waals surface area contributed by atoms with E-state index in [0.717, 1.165) is 22.0 Å². The van der Waals surface area contributed by atoms with Crippen molar-refractivity contribution in [3.05, 3.63) is 76.8 Å².